The summed E-state index contributed by atoms with van der Waals surface area (Å²) < 4.78 is 0. The molecular formula is C13H16O2. The molecule has 15 heavy (non-hydrogen) atoms. The average Bonchev–Trinajstić information content (AvgIpc) is 2.27. The maximum Gasteiger partial charge on any atom is 0.228 e. The summed E-state index contributed by atoms with van der Waals surface area (Å²) in [6, 6.07) is 7.30. The van der Waals surface area contributed by atoms with Gasteiger partial charge in [0.1, 0.15) is 0 Å². The van der Waals surface area contributed by atoms with Crippen LogP contribution >= 0.6 is 0 Å². The molecule has 2 heteroatoms. The van der Waals surface area contributed by atoms with Gasteiger partial charge in [0.2, 0.25) is 5.78 Å². The zero-order chi connectivity index (χ0) is 11.4. The molecule has 0 aliphatic rings. The topological polar surface area (TPSA) is 34.1 Å². The van der Waals surface area contributed by atoms with E-state index in [1.165, 1.54) is 12.5 Å². The molecule has 1 aromatic rings. The van der Waals surface area contributed by atoms with E-state index < -0.39 is 11.6 Å². The molecule has 0 aliphatic carbocycles. The molecule has 0 radical (unpaired) electrons. The number of Topliss-reactive ketones (excluding diaryl/α,β-unsaturated/α-hetero) is 2. The minimum atomic E-state index is -0.411. The Morgan fingerprint density at radius 3 is 2.13 bits per heavy atom. The van der Waals surface area contributed by atoms with E-state index in [1.54, 1.807) is 12.1 Å². The molecule has 1 unspecified atom stereocenters. The summed E-state index contributed by atoms with van der Waals surface area (Å²) in [5.74, 6) is -0.330. The van der Waals surface area contributed by atoms with Gasteiger partial charge < -0.3 is 0 Å². The molecular weight excluding hydrogens is 188 g/mol. The second kappa shape index (κ2) is 4.87. The van der Waals surface area contributed by atoms with Gasteiger partial charge in [0.05, 0.1) is 0 Å². The normalized spacial score (nSPS) is 12.2. The molecule has 1 aromatic carbocycles. The first kappa shape index (κ1) is 11.6. The fourth-order valence-electron chi connectivity index (χ4n) is 1.40. The van der Waals surface area contributed by atoms with E-state index in [4.69, 9.17) is 0 Å². The lowest BCUT2D eigenvalue weighted by Crippen LogP contribution is -2.09. The largest absolute Gasteiger partial charge is 0.291 e. The van der Waals surface area contributed by atoms with Gasteiger partial charge in [-0.1, -0.05) is 38.1 Å². The first-order valence-corrected chi connectivity index (χ1v) is 5.21. The van der Waals surface area contributed by atoms with Crippen molar-refractivity contribution in [3.8, 4) is 0 Å². The van der Waals surface area contributed by atoms with Crippen LogP contribution in [0.1, 0.15) is 49.0 Å². The highest BCUT2D eigenvalue weighted by molar-refractivity contribution is 6.42. The summed E-state index contributed by atoms with van der Waals surface area (Å²) in [4.78, 5) is 22.2. The molecule has 0 heterocycles. The van der Waals surface area contributed by atoms with Gasteiger partial charge in [-0.15, -0.1) is 0 Å². The Labute approximate surface area is 90.3 Å². The number of benzene rings is 1. The van der Waals surface area contributed by atoms with Crippen molar-refractivity contribution in [2.24, 2.45) is 0 Å². The molecule has 0 aliphatic heterocycles. The van der Waals surface area contributed by atoms with Crippen LogP contribution < -0.4 is 0 Å². The zero-order valence-electron chi connectivity index (χ0n) is 9.41. The third kappa shape index (κ3) is 2.75. The number of hydrogen-bond donors (Lipinski definition) is 0. The Hall–Kier alpha value is -1.44. The third-order valence-electron chi connectivity index (χ3n) is 2.67. The molecule has 80 valence electrons. The smallest absolute Gasteiger partial charge is 0.228 e. The Morgan fingerprint density at radius 2 is 1.73 bits per heavy atom. The Morgan fingerprint density at radius 1 is 1.20 bits per heavy atom. The number of hydrogen-bond acceptors (Lipinski definition) is 2. The molecule has 0 fully saturated rings. The van der Waals surface area contributed by atoms with Gasteiger partial charge in [0.25, 0.3) is 0 Å². The van der Waals surface area contributed by atoms with Gasteiger partial charge in [0.15, 0.2) is 5.78 Å². The van der Waals surface area contributed by atoms with Crippen LogP contribution in [-0.2, 0) is 4.79 Å². The standard InChI is InChI=1S/C13H16O2/c1-4-9(2)11-5-7-12(8-6-11)13(15)10(3)14/h5-9H,4H2,1-3H3. The van der Waals surface area contributed by atoms with Crippen molar-refractivity contribution in [3.05, 3.63) is 35.4 Å². The fraction of sp³-hybridized carbons (Fsp3) is 0.385. The second-order valence-electron chi connectivity index (χ2n) is 3.82. The van der Waals surface area contributed by atoms with Crippen LogP contribution in [-0.4, -0.2) is 11.6 Å². The van der Waals surface area contributed by atoms with E-state index in [0.717, 1.165) is 6.42 Å². The van der Waals surface area contributed by atoms with Crippen LogP contribution in [0, 0.1) is 0 Å². The number of carbonyl (C=O) groups excluding carboxylic acids is 2. The van der Waals surface area contributed by atoms with Gasteiger partial charge in [0, 0.05) is 12.5 Å². The fourth-order valence-corrected chi connectivity index (χ4v) is 1.40. The van der Waals surface area contributed by atoms with Crippen molar-refractivity contribution < 1.29 is 9.59 Å². The van der Waals surface area contributed by atoms with E-state index in [2.05, 4.69) is 13.8 Å². The van der Waals surface area contributed by atoms with Gasteiger partial charge in [-0.25, -0.2) is 0 Å². The minimum Gasteiger partial charge on any atom is -0.291 e. The van der Waals surface area contributed by atoms with Crippen LogP contribution in [0.4, 0.5) is 0 Å². The number of ketones is 2. The van der Waals surface area contributed by atoms with Crippen LogP contribution in [0.3, 0.4) is 0 Å². The highest BCUT2D eigenvalue weighted by Gasteiger charge is 2.11. The molecule has 1 rings (SSSR count). The molecule has 0 bridgehead atoms. The van der Waals surface area contributed by atoms with Crippen molar-refractivity contribution in [3.63, 3.8) is 0 Å². The molecule has 0 saturated heterocycles. The zero-order valence-corrected chi connectivity index (χ0v) is 9.41. The van der Waals surface area contributed by atoms with Gasteiger partial charge in [-0.05, 0) is 17.9 Å². The Balaban J connectivity index is 2.90. The van der Waals surface area contributed by atoms with Crippen molar-refractivity contribution >= 4 is 11.6 Å². The highest BCUT2D eigenvalue weighted by atomic mass is 16.2. The maximum atomic E-state index is 11.3. The summed E-state index contributed by atoms with van der Waals surface area (Å²) in [7, 11) is 0. The van der Waals surface area contributed by atoms with E-state index in [9.17, 15) is 9.59 Å². The predicted molar refractivity (Wildman–Crippen MR) is 60.2 cm³/mol. The highest BCUT2D eigenvalue weighted by Crippen LogP contribution is 2.18. The van der Waals surface area contributed by atoms with Crippen molar-refractivity contribution in [2.75, 3.05) is 0 Å². The summed E-state index contributed by atoms with van der Waals surface area (Å²) >= 11 is 0. The molecule has 0 aromatic heterocycles. The van der Waals surface area contributed by atoms with E-state index in [-0.39, 0.29) is 0 Å². The van der Waals surface area contributed by atoms with Gasteiger partial charge in [-0.3, -0.25) is 9.59 Å². The molecule has 0 spiro atoms. The van der Waals surface area contributed by atoms with Gasteiger partial charge >= 0.3 is 0 Å². The molecule has 0 amide bonds. The van der Waals surface area contributed by atoms with Crippen LogP contribution in [0.15, 0.2) is 24.3 Å². The predicted octanol–water partition coefficient (Wildman–Crippen LogP) is 2.97. The first-order valence-electron chi connectivity index (χ1n) is 5.21. The maximum absolute atomic E-state index is 11.3. The number of carbonyl (C=O) groups is 2. The van der Waals surface area contributed by atoms with Gasteiger partial charge in [-0.2, -0.15) is 0 Å². The first-order chi connectivity index (χ1) is 7.06. The number of rotatable bonds is 4. The summed E-state index contributed by atoms with van der Waals surface area (Å²) in [5, 5.41) is 0. The van der Waals surface area contributed by atoms with Crippen molar-refractivity contribution in [2.45, 2.75) is 33.1 Å². The van der Waals surface area contributed by atoms with Crippen LogP contribution in [0.2, 0.25) is 0 Å². The van der Waals surface area contributed by atoms with E-state index >= 15 is 0 Å². The average molecular weight is 204 g/mol. The Kier molecular flexibility index (Phi) is 3.78. The Bertz CT molecular complexity index is 363. The summed E-state index contributed by atoms with van der Waals surface area (Å²) in [6.07, 6.45) is 1.07. The lowest BCUT2D eigenvalue weighted by molar-refractivity contribution is -0.113. The quantitative estimate of drug-likeness (QED) is 0.558. The minimum absolute atomic E-state index is 0.411. The summed E-state index contributed by atoms with van der Waals surface area (Å²) in [6.45, 7) is 5.56. The SMILES string of the molecule is CCC(C)c1ccc(C(=O)C(C)=O)cc1. The van der Waals surface area contributed by atoms with Crippen LogP contribution in [0.25, 0.3) is 0 Å². The van der Waals surface area contributed by atoms with Crippen molar-refractivity contribution in [1.29, 1.82) is 0 Å². The van der Waals surface area contributed by atoms with Crippen LogP contribution in [0.5, 0.6) is 0 Å². The third-order valence-corrected chi connectivity index (χ3v) is 2.67. The molecule has 0 saturated carbocycles. The molecule has 0 N–H and O–H groups in total. The summed E-state index contributed by atoms with van der Waals surface area (Å²) in [5.41, 5.74) is 1.69. The lowest BCUT2D eigenvalue weighted by Gasteiger charge is -2.08. The van der Waals surface area contributed by atoms with E-state index in [1.807, 2.05) is 12.1 Å². The lowest BCUT2D eigenvalue weighted by atomic mass is 9.96. The monoisotopic (exact) mass is 204 g/mol. The van der Waals surface area contributed by atoms with E-state index in [0.29, 0.717) is 11.5 Å². The molecule has 1 atom stereocenters. The molecule has 2 nitrogen and oxygen atoms in total. The van der Waals surface area contributed by atoms with Crippen molar-refractivity contribution in [1.82, 2.24) is 0 Å². The second-order valence-corrected chi connectivity index (χ2v) is 3.82.